The lowest BCUT2D eigenvalue weighted by molar-refractivity contribution is -0.127. The van der Waals surface area contributed by atoms with Crippen molar-refractivity contribution in [1.82, 2.24) is 9.88 Å². The van der Waals surface area contributed by atoms with Crippen LogP contribution in [0.5, 0.6) is 0 Å². The number of nitriles is 1. The number of carbonyl (C=O) groups excluding carboxylic acids is 1. The molecule has 1 amide bonds. The number of rotatable bonds is 6. The van der Waals surface area contributed by atoms with Crippen LogP contribution in [0.15, 0.2) is 48.7 Å². The molecule has 1 aliphatic rings. The Labute approximate surface area is 141 Å². The summed E-state index contributed by atoms with van der Waals surface area (Å²) in [6.45, 7) is 1.42. The number of aromatic nitrogens is 1. The zero-order valence-corrected chi connectivity index (χ0v) is 13.5. The van der Waals surface area contributed by atoms with E-state index in [9.17, 15) is 4.79 Å². The number of hydrogen-bond acceptors (Lipinski definition) is 4. The highest BCUT2D eigenvalue weighted by Gasteiger charge is 2.29. The Bertz CT molecular complexity index is 739. The van der Waals surface area contributed by atoms with Crippen molar-refractivity contribution in [2.45, 2.75) is 25.3 Å². The van der Waals surface area contributed by atoms with Crippen LogP contribution >= 0.6 is 0 Å². The highest BCUT2D eigenvalue weighted by molar-refractivity contribution is 5.80. The van der Waals surface area contributed by atoms with Crippen LogP contribution < -0.4 is 5.32 Å². The van der Waals surface area contributed by atoms with Gasteiger partial charge in [-0.25, -0.2) is 4.98 Å². The Morgan fingerprint density at radius 3 is 2.88 bits per heavy atom. The minimum atomic E-state index is 0.0104. The van der Waals surface area contributed by atoms with Gasteiger partial charge in [0.15, 0.2) is 0 Å². The van der Waals surface area contributed by atoms with E-state index in [-0.39, 0.29) is 11.9 Å². The van der Waals surface area contributed by atoms with Crippen LogP contribution in [0.25, 0.3) is 0 Å². The minimum Gasteiger partial charge on any atom is -0.364 e. The number of benzene rings is 1. The Hall–Kier alpha value is -2.87. The molecule has 0 radical (unpaired) electrons. The van der Waals surface area contributed by atoms with Crippen LogP contribution in [0.1, 0.15) is 24.0 Å². The predicted octanol–water partition coefficient (Wildman–Crippen LogP) is 2.60. The summed E-state index contributed by atoms with van der Waals surface area (Å²) < 4.78 is 0. The number of amides is 1. The number of carbonyl (C=O) groups is 1. The second kappa shape index (κ2) is 7.60. The third kappa shape index (κ3) is 3.90. The molecule has 1 aromatic heterocycles. The molecular weight excluding hydrogens is 300 g/mol. The SMILES string of the molecule is N#Cc1cccnc1NC1CC(=O)N(CCCc2ccccc2)C1. The van der Waals surface area contributed by atoms with Gasteiger partial charge in [0.2, 0.25) is 5.91 Å². The van der Waals surface area contributed by atoms with Crippen LogP contribution in [0, 0.1) is 11.3 Å². The average Bonchev–Trinajstić information content (AvgIpc) is 2.96. The van der Waals surface area contributed by atoms with Gasteiger partial charge in [0.25, 0.3) is 0 Å². The summed E-state index contributed by atoms with van der Waals surface area (Å²) in [6, 6.07) is 15.9. The molecule has 1 atom stereocenters. The van der Waals surface area contributed by atoms with E-state index in [1.807, 2.05) is 23.1 Å². The molecule has 5 heteroatoms. The fourth-order valence-electron chi connectivity index (χ4n) is 3.01. The Morgan fingerprint density at radius 1 is 1.25 bits per heavy atom. The van der Waals surface area contributed by atoms with Crippen LogP contribution in [0.3, 0.4) is 0 Å². The van der Waals surface area contributed by atoms with E-state index in [4.69, 9.17) is 5.26 Å². The topological polar surface area (TPSA) is 69.0 Å². The normalized spacial score (nSPS) is 16.9. The van der Waals surface area contributed by atoms with Gasteiger partial charge >= 0.3 is 0 Å². The molecule has 2 aromatic rings. The molecular formula is C19H20N4O. The van der Waals surface area contributed by atoms with Gasteiger partial charge in [0, 0.05) is 25.7 Å². The lowest BCUT2D eigenvalue weighted by atomic mass is 10.1. The molecule has 0 saturated carbocycles. The van der Waals surface area contributed by atoms with Gasteiger partial charge in [0.05, 0.1) is 11.6 Å². The fraction of sp³-hybridized carbons (Fsp3) is 0.316. The number of nitrogens with zero attached hydrogens (tertiary/aromatic N) is 3. The van der Waals surface area contributed by atoms with Crippen molar-refractivity contribution in [1.29, 1.82) is 5.26 Å². The first-order valence-corrected chi connectivity index (χ1v) is 8.19. The number of hydrogen-bond donors (Lipinski definition) is 1. The maximum absolute atomic E-state index is 12.2. The zero-order valence-electron chi connectivity index (χ0n) is 13.5. The summed E-state index contributed by atoms with van der Waals surface area (Å²) in [7, 11) is 0. The summed E-state index contributed by atoms with van der Waals surface area (Å²) in [5.41, 5.74) is 1.80. The maximum atomic E-state index is 12.2. The van der Waals surface area contributed by atoms with Crippen molar-refractivity contribution >= 4 is 11.7 Å². The molecule has 0 aliphatic carbocycles. The Kier molecular flexibility index (Phi) is 5.07. The monoisotopic (exact) mass is 320 g/mol. The molecule has 0 bridgehead atoms. The van der Waals surface area contributed by atoms with Crippen LogP contribution in [0.2, 0.25) is 0 Å². The third-order valence-electron chi connectivity index (χ3n) is 4.22. The van der Waals surface area contributed by atoms with E-state index >= 15 is 0 Å². The number of anilines is 1. The lowest BCUT2D eigenvalue weighted by Gasteiger charge is -2.17. The Balaban J connectivity index is 1.51. The van der Waals surface area contributed by atoms with Gasteiger partial charge in [-0.2, -0.15) is 5.26 Å². The van der Waals surface area contributed by atoms with Crippen molar-refractivity contribution in [3.8, 4) is 6.07 Å². The highest BCUT2D eigenvalue weighted by atomic mass is 16.2. The molecule has 2 heterocycles. The largest absolute Gasteiger partial charge is 0.364 e. The van der Waals surface area contributed by atoms with Crippen molar-refractivity contribution in [2.75, 3.05) is 18.4 Å². The molecule has 24 heavy (non-hydrogen) atoms. The quantitative estimate of drug-likeness (QED) is 0.888. The van der Waals surface area contributed by atoms with Crippen molar-refractivity contribution in [2.24, 2.45) is 0 Å². The Morgan fingerprint density at radius 2 is 2.08 bits per heavy atom. The number of aryl methyl sites for hydroxylation is 1. The fourth-order valence-corrected chi connectivity index (χ4v) is 3.01. The predicted molar refractivity (Wildman–Crippen MR) is 92.3 cm³/mol. The van der Waals surface area contributed by atoms with Crippen molar-refractivity contribution in [3.05, 3.63) is 59.8 Å². The van der Waals surface area contributed by atoms with Gasteiger partial charge in [-0.3, -0.25) is 4.79 Å². The average molecular weight is 320 g/mol. The summed E-state index contributed by atoms with van der Waals surface area (Å²) in [4.78, 5) is 18.3. The first-order valence-electron chi connectivity index (χ1n) is 8.19. The standard InChI is InChI=1S/C19H20N4O/c20-13-16-9-4-10-21-19(16)22-17-12-18(24)23(14-17)11-5-8-15-6-2-1-3-7-15/h1-4,6-7,9-10,17H,5,8,11-12,14H2,(H,21,22). The lowest BCUT2D eigenvalue weighted by Crippen LogP contribution is -2.29. The number of nitrogens with one attached hydrogen (secondary N) is 1. The van der Waals surface area contributed by atoms with Crippen LogP contribution in [-0.2, 0) is 11.2 Å². The zero-order chi connectivity index (χ0) is 16.8. The molecule has 1 fully saturated rings. The number of pyridine rings is 1. The van der Waals surface area contributed by atoms with Gasteiger partial charge in [-0.1, -0.05) is 30.3 Å². The summed E-state index contributed by atoms with van der Waals surface area (Å²) in [5.74, 6) is 0.721. The van der Waals surface area contributed by atoms with Gasteiger partial charge < -0.3 is 10.2 Å². The minimum absolute atomic E-state index is 0.0104. The second-order valence-electron chi connectivity index (χ2n) is 5.99. The molecule has 0 spiro atoms. The summed E-state index contributed by atoms with van der Waals surface area (Å²) in [5, 5.41) is 12.3. The van der Waals surface area contributed by atoms with Crippen LogP contribution in [0.4, 0.5) is 5.82 Å². The molecule has 1 saturated heterocycles. The highest BCUT2D eigenvalue weighted by Crippen LogP contribution is 2.18. The first kappa shape index (κ1) is 16.0. The van der Waals surface area contributed by atoms with Gasteiger partial charge in [0.1, 0.15) is 11.9 Å². The van der Waals surface area contributed by atoms with E-state index < -0.39 is 0 Å². The molecule has 122 valence electrons. The first-order chi connectivity index (χ1) is 11.8. The smallest absolute Gasteiger partial charge is 0.224 e. The molecule has 1 aliphatic heterocycles. The van der Waals surface area contributed by atoms with Crippen molar-refractivity contribution in [3.63, 3.8) is 0 Å². The summed E-state index contributed by atoms with van der Waals surface area (Å²) in [6.07, 6.45) is 4.03. The van der Waals surface area contributed by atoms with Crippen molar-refractivity contribution < 1.29 is 4.79 Å². The molecule has 5 nitrogen and oxygen atoms in total. The van der Waals surface area contributed by atoms with E-state index in [0.717, 1.165) is 19.4 Å². The third-order valence-corrected chi connectivity index (χ3v) is 4.22. The van der Waals surface area contributed by atoms with Gasteiger partial charge in [-0.05, 0) is 30.5 Å². The molecule has 1 aromatic carbocycles. The second-order valence-corrected chi connectivity index (χ2v) is 5.99. The van der Waals surface area contributed by atoms with E-state index in [1.54, 1.807) is 18.3 Å². The molecule has 3 rings (SSSR count). The van der Waals surface area contributed by atoms with E-state index in [1.165, 1.54) is 5.56 Å². The number of likely N-dealkylation sites (tertiary alicyclic amines) is 1. The van der Waals surface area contributed by atoms with E-state index in [2.05, 4.69) is 28.5 Å². The molecule has 1 N–H and O–H groups in total. The van der Waals surface area contributed by atoms with Crippen LogP contribution in [-0.4, -0.2) is 34.9 Å². The summed E-state index contributed by atoms with van der Waals surface area (Å²) >= 11 is 0. The van der Waals surface area contributed by atoms with E-state index in [0.29, 0.717) is 24.3 Å². The van der Waals surface area contributed by atoms with Gasteiger partial charge in [-0.15, -0.1) is 0 Å². The maximum Gasteiger partial charge on any atom is 0.224 e. The molecule has 1 unspecified atom stereocenters.